The molecule has 0 spiro atoms. The van der Waals surface area contributed by atoms with Gasteiger partial charge in [0.1, 0.15) is 6.10 Å². The van der Waals surface area contributed by atoms with Crippen LogP contribution in [-0.4, -0.2) is 29.2 Å². The van der Waals surface area contributed by atoms with Gasteiger partial charge in [-0.25, -0.2) is 9.97 Å². The van der Waals surface area contributed by atoms with Gasteiger partial charge in [-0.2, -0.15) is 0 Å². The summed E-state index contributed by atoms with van der Waals surface area (Å²) in [5.74, 6) is 0. The molecule has 12 heavy (non-hydrogen) atoms. The minimum atomic E-state index is 0.256. The van der Waals surface area contributed by atoms with E-state index in [1.807, 2.05) is 13.0 Å². The highest BCUT2D eigenvalue weighted by molar-refractivity contribution is 5.04. The van der Waals surface area contributed by atoms with Gasteiger partial charge in [-0.1, -0.05) is 0 Å². The molecule has 1 aromatic heterocycles. The van der Waals surface area contributed by atoms with Crippen molar-refractivity contribution in [2.24, 2.45) is 0 Å². The summed E-state index contributed by atoms with van der Waals surface area (Å²) in [7, 11) is 0. The van der Waals surface area contributed by atoms with Crippen molar-refractivity contribution in [2.75, 3.05) is 13.1 Å². The molecule has 1 N–H and O–H groups in total. The van der Waals surface area contributed by atoms with Gasteiger partial charge >= 0.3 is 6.01 Å². The summed E-state index contributed by atoms with van der Waals surface area (Å²) >= 11 is 0. The van der Waals surface area contributed by atoms with Crippen LogP contribution in [0.15, 0.2) is 12.3 Å². The molecule has 2 heterocycles. The quantitative estimate of drug-likeness (QED) is 0.677. The van der Waals surface area contributed by atoms with Gasteiger partial charge in [-0.05, 0) is 13.0 Å². The highest BCUT2D eigenvalue weighted by atomic mass is 16.5. The Morgan fingerprint density at radius 1 is 1.58 bits per heavy atom. The molecule has 4 heteroatoms. The van der Waals surface area contributed by atoms with Crippen LogP contribution < -0.4 is 10.1 Å². The molecule has 1 aliphatic heterocycles. The summed E-state index contributed by atoms with van der Waals surface area (Å²) in [5, 5.41) is 3.12. The van der Waals surface area contributed by atoms with Gasteiger partial charge in [0.25, 0.3) is 0 Å². The van der Waals surface area contributed by atoms with Crippen molar-refractivity contribution in [3.8, 4) is 6.01 Å². The number of rotatable bonds is 2. The maximum absolute atomic E-state index is 5.45. The monoisotopic (exact) mass is 165 g/mol. The lowest BCUT2D eigenvalue weighted by Gasteiger charge is -2.26. The van der Waals surface area contributed by atoms with Crippen LogP contribution in [-0.2, 0) is 0 Å². The third kappa shape index (κ3) is 1.53. The molecule has 0 amide bonds. The van der Waals surface area contributed by atoms with Crippen molar-refractivity contribution in [2.45, 2.75) is 13.0 Å². The zero-order valence-electron chi connectivity index (χ0n) is 6.95. The van der Waals surface area contributed by atoms with Crippen molar-refractivity contribution in [1.82, 2.24) is 15.3 Å². The maximum Gasteiger partial charge on any atom is 0.316 e. The third-order valence-electron chi connectivity index (χ3n) is 1.79. The number of aryl methyl sites for hydroxylation is 1. The standard InChI is InChI=1S/C8H11N3O/c1-6-2-3-10-8(11-6)12-7-4-9-5-7/h2-3,7,9H,4-5H2,1H3. The van der Waals surface area contributed by atoms with Gasteiger partial charge in [-0.3, -0.25) is 0 Å². The Balaban J connectivity index is 2.02. The first-order valence-electron chi connectivity index (χ1n) is 4.01. The average molecular weight is 165 g/mol. The molecule has 0 aliphatic carbocycles. The lowest BCUT2D eigenvalue weighted by atomic mass is 10.2. The Morgan fingerprint density at radius 3 is 3.00 bits per heavy atom. The molecule has 1 aromatic rings. The topological polar surface area (TPSA) is 47.0 Å². The van der Waals surface area contributed by atoms with Crippen molar-refractivity contribution in [3.63, 3.8) is 0 Å². The first-order valence-corrected chi connectivity index (χ1v) is 4.01. The van der Waals surface area contributed by atoms with E-state index in [1.54, 1.807) is 6.20 Å². The predicted octanol–water partition coefficient (Wildman–Crippen LogP) is 0.136. The van der Waals surface area contributed by atoms with Crippen LogP contribution in [0.1, 0.15) is 5.69 Å². The molecule has 0 unspecified atom stereocenters. The van der Waals surface area contributed by atoms with E-state index in [4.69, 9.17) is 4.74 Å². The number of nitrogens with zero attached hydrogens (tertiary/aromatic N) is 2. The molecular weight excluding hydrogens is 154 g/mol. The fraction of sp³-hybridized carbons (Fsp3) is 0.500. The van der Waals surface area contributed by atoms with Crippen LogP contribution in [0, 0.1) is 6.92 Å². The molecule has 1 saturated heterocycles. The fourth-order valence-electron chi connectivity index (χ4n) is 0.977. The Bertz CT molecular complexity index is 273. The zero-order chi connectivity index (χ0) is 8.39. The minimum Gasteiger partial charge on any atom is -0.457 e. The molecule has 0 radical (unpaired) electrons. The van der Waals surface area contributed by atoms with E-state index in [-0.39, 0.29) is 6.10 Å². The summed E-state index contributed by atoms with van der Waals surface area (Å²) in [6.07, 6.45) is 1.97. The summed E-state index contributed by atoms with van der Waals surface area (Å²) < 4.78 is 5.45. The molecule has 4 nitrogen and oxygen atoms in total. The van der Waals surface area contributed by atoms with Gasteiger partial charge in [0.15, 0.2) is 0 Å². The van der Waals surface area contributed by atoms with Crippen LogP contribution >= 0.6 is 0 Å². The molecule has 64 valence electrons. The van der Waals surface area contributed by atoms with Crippen LogP contribution in [0.5, 0.6) is 6.01 Å². The SMILES string of the molecule is Cc1ccnc(OC2CNC2)n1. The van der Waals surface area contributed by atoms with Crippen LogP contribution in [0.25, 0.3) is 0 Å². The van der Waals surface area contributed by atoms with Crippen molar-refractivity contribution in [1.29, 1.82) is 0 Å². The molecule has 0 atom stereocenters. The van der Waals surface area contributed by atoms with Crippen molar-refractivity contribution in [3.05, 3.63) is 18.0 Å². The largest absolute Gasteiger partial charge is 0.457 e. The Hall–Kier alpha value is -1.16. The molecule has 2 rings (SSSR count). The van der Waals surface area contributed by atoms with Crippen LogP contribution in [0.3, 0.4) is 0 Å². The van der Waals surface area contributed by atoms with E-state index >= 15 is 0 Å². The summed E-state index contributed by atoms with van der Waals surface area (Å²) in [4.78, 5) is 8.13. The summed E-state index contributed by atoms with van der Waals surface area (Å²) in [6.45, 7) is 3.72. The van der Waals surface area contributed by atoms with Crippen molar-refractivity contribution >= 4 is 0 Å². The van der Waals surface area contributed by atoms with Gasteiger partial charge in [0.2, 0.25) is 0 Å². The van der Waals surface area contributed by atoms with Gasteiger partial charge in [-0.15, -0.1) is 0 Å². The molecule has 0 saturated carbocycles. The van der Waals surface area contributed by atoms with E-state index in [0.717, 1.165) is 18.8 Å². The minimum absolute atomic E-state index is 0.256. The van der Waals surface area contributed by atoms with Gasteiger partial charge in [0, 0.05) is 25.0 Å². The number of nitrogens with one attached hydrogen (secondary N) is 1. The van der Waals surface area contributed by atoms with E-state index in [2.05, 4.69) is 15.3 Å². The first-order chi connectivity index (χ1) is 5.84. The smallest absolute Gasteiger partial charge is 0.316 e. The second kappa shape index (κ2) is 3.06. The van der Waals surface area contributed by atoms with E-state index in [1.165, 1.54) is 0 Å². The van der Waals surface area contributed by atoms with Crippen molar-refractivity contribution < 1.29 is 4.74 Å². The highest BCUT2D eigenvalue weighted by Gasteiger charge is 2.19. The number of aromatic nitrogens is 2. The first kappa shape index (κ1) is 7.49. The van der Waals surface area contributed by atoms with Crippen LogP contribution in [0.2, 0.25) is 0 Å². The fourth-order valence-corrected chi connectivity index (χ4v) is 0.977. The highest BCUT2D eigenvalue weighted by Crippen LogP contribution is 2.06. The lowest BCUT2D eigenvalue weighted by Crippen LogP contribution is -2.50. The summed E-state index contributed by atoms with van der Waals surface area (Å²) in [5.41, 5.74) is 0.937. The Morgan fingerprint density at radius 2 is 2.42 bits per heavy atom. The second-order valence-electron chi connectivity index (χ2n) is 2.88. The molecule has 1 fully saturated rings. The normalized spacial score (nSPS) is 17.1. The molecular formula is C8H11N3O. The zero-order valence-corrected chi connectivity index (χ0v) is 6.95. The Kier molecular flexibility index (Phi) is 1.91. The number of hydrogen-bond donors (Lipinski definition) is 1. The molecule has 0 aromatic carbocycles. The second-order valence-corrected chi connectivity index (χ2v) is 2.88. The van der Waals surface area contributed by atoms with Gasteiger partial charge < -0.3 is 10.1 Å². The maximum atomic E-state index is 5.45. The lowest BCUT2D eigenvalue weighted by molar-refractivity contribution is 0.129. The van der Waals surface area contributed by atoms with Gasteiger partial charge in [0.05, 0.1) is 0 Å². The number of hydrogen-bond acceptors (Lipinski definition) is 4. The average Bonchev–Trinajstić information content (AvgIpc) is 1.97. The molecule has 0 bridgehead atoms. The Labute approximate surface area is 71.0 Å². The van der Waals surface area contributed by atoms with E-state index in [9.17, 15) is 0 Å². The van der Waals surface area contributed by atoms with Crippen LogP contribution in [0.4, 0.5) is 0 Å². The predicted molar refractivity (Wildman–Crippen MR) is 44.1 cm³/mol. The third-order valence-corrected chi connectivity index (χ3v) is 1.79. The summed E-state index contributed by atoms with van der Waals surface area (Å²) in [6, 6.07) is 2.34. The molecule has 1 aliphatic rings. The van der Waals surface area contributed by atoms with E-state index in [0.29, 0.717) is 6.01 Å². The van der Waals surface area contributed by atoms with E-state index < -0.39 is 0 Å². The number of ether oxygens (including phenoxy) is 1.